The van der Waals surface area contributed by atoms with Gasteiger partial charge in [-0.05, 0) is 55.8 Å². The monoisotopic (exact) mass is 395 g/mol. The molecule has 0 aliphatic heterocycles. The third-order valence-electron chi connectivity index (χ3n) is 3.87. The molecule has 0 saturated heterocycles. The van der Waals surface area contributed by atoms with Gasteiger partial charge < -0.3 is 10.1 Å². The molecule has 1 saturated carbocycles. The van der Waals surface area contributed by atoms with Crippen LogP contribution in [0.1, 0.15) is 24.6 Å². The molecule has 1 aliphatic carbocycles. The second kappa shape index (κ2) is 5.92. The number of ether oxygens (including phenoxy) is 1. The van der Waals surface area contributed by atoms with Crippen LogP contribution in [0.2, 0.25) is 0 Å². The molecule has 0 amide bonds. The van der Waals surface area contributed by atoms with E-state index in [9.17, 15) is 0 Å². The first-order valence-electron chi connectivity index (χ1n) is 6.13. The molecule has 0 bridgehead atoms. The highest BCUT2D eigenvalue weighted by molar-refractivity contribution is 9.13. The van der Waals surface area contributed by atoms with Crippen molar-refractivity contribution < 1.29 is 4.74 Å². The molecule has 1 aromatic rings. The minimum absolute atomic E-state index is 0.407. The predicted octanol–water partition coefficient (Wildman–Crippen LogP) is 4.25. The second-order valence-electron chi connectivity index (χ2n) is 5.37. The van der Waals surface area contributed by atoms with Crippen LogP contribution < -0.4 is 5.32 Å². The van der Waals surface area contributed by atoms with Crippen LogP contribution in [0.3, 0.4) is 0 Å². The smallest absolute Gasteiger partial charge is 0.0843 e. The van der Waals surface area contributed by atoms with Gasteiger partial charge in [-0.2, -0.15) is 0 Å². The van der Waals surface area contributed by atoms with Crippen molar-refractivity contribution in [2.45, 2.75) is 19.8 Å². The van der Waals surface area contributed by atoms with Gasteiger partial charge in [0.15, 0.2) is 0 Å². The Kier molecular flexibility index (Phi) is 4.92. The average Bonchev–Trinajstić information content (AvgIpc) is 2.68. The Morgan fingerprint density at radius 2 is 2.17 bits per heavy atom. The molecular formula is C13H19Br2NOS. The predicted molar refractivity (Wildman–Crippen MR) is 84.5 cm³/mol. The molecule has 1 aromatic heterocycles. The van der Waals surface area contributed by atoms with Crippen LogP contribution in [0.5, 0.6) is 0 Å². The van der Waals surface area contributed by atoms with Gasteiger partial charge in [0.05, 0.1) is 10.4 Å². The molecule has 2 atom stereocenters. The third kappa shape index (κ3) is 3.01. The Balaban J connectivity index is 1.93. The number of hydrogen-bond acceptors (Lipinski definition) is 3. The highest BCUT2D eigenvalue weighted by Crippen LogP contribution is 2.65. The number of nitrogens with one attached hydrogen (secondary N) is 1. The van der Waals surface area contributed by atoms with E-state index in [4.69, 9.17) is 4.74 Å². The van der Waals surface area contributed by atoms with Crippen LogP contribution >= 0.6 is 43.2 Å². The van der Waals surface area contributed by atoms with Crippen LogP contribution in [0.4, 0.5) is 0 Å². The Hall–Kier alpha value is 0.580. The van der Waals surface area contributed by atoms with Crippen LogP contribution in [-0.4, -0.2) is 26.8 Å². The van der Waals surface area contributed by atoms with Gasteiger partial charge in [0.25, 0.3) is 0 Å². The van der Waals surface area contributed by atoms with Crippen molar-refractivity contribution in [3.63, 3.8) is 0 Å². The van der Waals surface area contributed by atoms with Crippen molar-refractivity contribution in [2.24, 2.45) is 11.3 Å². The SMILES string of the molecule is COCCNCC1C(c2cc(Br)c(Br)s2)C1(C)C. The molecule has 2 nitrogen and oxygen atoms in total. The van der Waals surface area contributed by atoms with E-state index in [1.54, 1.807) is 7.11 Å². The van der Waals surface area contributed by atoms with Gasteiger partial charge in [-0.25, -0.2) is 0 Å². The van der Waals surface area contributed by atoms with Gasteiger partial charge in [-0.15, -0.1) is 11.3 Å². The molecular weight excluding hydrogens is 378 g/mol. The van der Waals surface area contributed by atoms with E-state index in [0.29, 0.717) is 11.3 Å². The lowest BCUT2D eigenvalue weighted by Gasteiger charge is -2.04. The third-order valence-corrected chi connectivity index (χ3v) is 7.21. The molecule has 1 N–H and O–H groups in total. The molecule has 1 aliphatic rings. The van der Waals surface area contributed by atoms with E-state index < -0.39 is 0 Å². The number of rotatable bonds is 6. The zero-order valence-corrected chi connectivity index (χ0v) is 14.9. The Morgan fingerprint density at radius 3 is 2.72 bits per heavy atom. The number of hydrogen-bond donors (Lipinski definition) is 1. The molecule has 0 radical (unpaired) electrons. The first-order valence-corrected chi connectivity index (χ1v) is 8.53. The highest BCUT2D eigenvalue weighted by atomic mass is 79.9. The van der Waals surface area contributed by atoms with Gasteiger partial charge in [0.2, 0.25) is 0 Å². The van der Waals surface area contributed by atoms with E-state index in [0.717, 1.165) is 25.6 Å². The molecule has 1 fully saturated rings. The molecule has 0 aromatic carbocycles. The van der Waals surface area contributed by atoms with Crippen molar-refractivity contribution in [2.75, 3.05) is 26.8 Å². The summed E-state index contributed by atoms with van der Waals surface area (Å²) in [7, 11) is 1.74. The van der Waals surface area contributed by atoms with E-state index in [2.05, 4.69) is 57.1 Å². The first kappa shape index (κ1) is 15.0. The Labute approximate surface area is 130 Å². The number of methoxy groups -OCH3 is 1. The molecule has 2 unspecified atom stereocenters. The van der Waals surface area contributed by atoms with E-state index >= 15 is 0 Å². The summed E-state index contributed by atoms with van der Waals surface area (Å²) in [6.45, 7) is 7.53. The lowest BCUT2D eigenvalue weighted by molar-refractivity contribution is 0.198. The normalized spacial score (nSPS) is 25.4. The Bertz CT molecular complexity index is 400. The number of halogens is 2. The van der Waals surface area contributed by atoms with Gasteiger partial charge >= 0.3 is 0 Å². The summed E-state index contributed by atoms with van der Waals surface area (Å²) >= 11 is 9.01. The highest BCUT2D eigenvalue weighted by Gasteiger charge is 2.58. The van der Waals surface area contributed by atoms with Crippen molar-refractivity contribution in [3.05, 3.63) is 19.2 Å². The summed E-state index contributed by atoms with van der Waals surface area (Å²) in [6, 6.07) is 2.26. The minimum Gasteiger partial charge on any atom is -0.383 e. The quantitative estimate of drug-likeness (QED) is 0.725. The lowest BCUT2D eigenvalue weighted by Crippen LogP contribution is -2.22. The summed E-state index contributed by atoms with van der Waals surface area (Å²) in [5.41, 5.74) is 0.407. The maximum atomic E-state index is 5.05. The fraction of sp³-hybridized carbons (Fsp3) is 0.692. The largest absolute Gasteiger partial charge is 0.383 e. The zero-order chi connectivity index (χ0) is 13.3. The van der Waals surface area contributed by atoms with Crippen LogP contribution in [-0.2, 0) is 4.74 Å². The first-order chi connectivity index (χ1) is 8.48. The van der Waals surface area contributed by atoms with E-state index in [1.807, 2.05) is 11.3 Å². The Morgan fingerprint density at radius 1 is 1.44 bits per heavy atom. The summed E-state index contributed by atoms with van der Waals surface area (Å²) in [5.74, 6) is 1.41. The van der Waals surface area contributed by atoms with E-state index in [-0.39, 0.29) is 0 Å². The molecule has 18 heavy (non-hydrogen) atoms. The molecule has 0 spiro atoms. The van der Waals surface area contributed by atoms with Crippen molar-refractivity contribution >= 4 is 43.2 Å². The standard InChI is InChI=1S/C13H19Br2NOS/c1-13(2)8(7-16-4-5-17-3)11(13)10-6-9(14)12(15)18-10/h6,8,11,16H,4-5,7H2,1-3H3. The van der Waals surface area contributed by atoms with Crippen LogP contribution in [0.25, 0.3) is 0 Å². The average molecular weight is 397 g/mol. The fourth-order valence-corrected chi connectivity index (χ4v) is 5.09. The van der Waals surface area contributed by atoms with Gasteiger partial charge in [-0.3, -0.25) is 0 Å². The summed E-state index contributed by atoms with van der Waals surface area (Å²) in [4.78, 5) is 1.48. The topological polar surface area (TPSA) is 21.3 Å². The lowest BCUT2D eigenvalue weighted by atomic mass is 10.1. The van der Waals surface area contributed by atoms with Crippen LogP contribution in [0.15, 0.2) is 14.3 Å². The molecule has 2 rings (SSSR count). The number of thiophene rings is 1. The summed E-state index contributed by atoms with van der Waals surface area (Å²) in [6.07, 6.45) is 0. The molecule has 1 heterocycles. The van der Waals surface area contributed by atoms with Crippen molar-refractivity contribution in [1.29, 1.82) is 0 Å². The van der Waals surface area contributed by atoms with Crippen molar-refractivity contribution in [3.8, 4) is 0 Å². The van der Waals surface area contributed by atoms with Gasteiger partial charge in [0, 0.05) is 28.9 Å². The summed E-state index contributed by atoms with van der Waals surface area (Å²) < 4.78 is 7.43. The maximum Gasteiger partial charge on any atom is 0.0843 e. The van der Waals surface area contributed by atoms with Crippen molar-refractivity contribution in [1.82, 2.24) is 5.32 Å². The molecule has 102 valence electrons. The second-order valence-corrected chi connectivity index (χ2v) is 8.63. The summed E-state index contributed by atoms with van der Waals surface area (Å²) in [5, 5.41) is 3.48. The van der Waals surface area contributed by atoms with Gasteiger partial charge in [0.1, 0.15) is 0 Å². The van der Waals surface area contributed by atoms with Gasteiger partial charge in [-0.1, -0.05) is 13.8 Å². The maximum absolute atomic E-state index is 5.05. The van der Waals surface area contributed by atoms with E-state index in [1.165, 1.54) is 13.1 Å². The molecule has 5 heteroatoms. The minimum atomic E-state index is 0.407. The van der Waals surface area contributed by atoms with Crippen LogP contribution in [0, 0.1) is 11.3 Å². The zero-order valence-electron chi connectivity index (χ0n) is 10.9. The fourth-order valence-electron chi connectivity index (χ4n) is 2.64.